The Balaban J connectivity index is 2.87. The van der Waals surface area contributed by atoms with Gasteiger partial charge in [-0.2, -0.15) is 0 Å². The van der Waals surface area contributed by atoms with E-state index in [4.69, 9.17) is 10.2 Å². The van der Waals surface area contributed by atoms with Crippen LogP contribution >= 0.6 is 0 Å². The fraction of sp³-hybridized carbons (Fsp3) is 0.0909. The molecule has 0 fully saturated rings. The molecule has 5 nitrogen and oxygen atoms in total. The third-order valence-corrected chi connectivity index (χ3v) is 2.40. The van der Waals surface area contributed by atoms with Gasteiger partial charge in [0.25, 0.3) is 0 Å². The zero-order valence-electron chi connectivity index (χ0n) is 8.23. The first-order valence-electron chi connectivity index (χ1n) is 4.62. The summed E-state index contributed by atoms with van der Waals surface area (Å²) in [4.78, 5) is 25.2. The van der Waals surface area contributed by atoms with Crippen molar-refractivity contribution in [3.8, 4) is 0 Å². The second-order valence-electron chi connectivity index (χ2n) is 3.33. The van der Waals surface area contributed by atoms with E-state index in [-0.39, 0.29) is 17.6 Å². The molecule has 0 atom stereocenters. The number of pyridine rings is 1. The zero-order chi connectivity index (χ0) is 11.7. The first-order valence-corrected chi connectivity index (χ1v) is 4.62. The van der Waals surface area contributed by atoms with Gasteiger partial charge >= 0.3 is 5.97 Å². The maximum atomic E-state index is 11.8. The lowest BCUT2D eigenvalue weighted by Crippen LogP contribution is -2.15. The number of aromatic nitrogens is 1. The number of fused-ring (bicyclic) bond motifs is 1. The molecule has 2 aromatic rings. The van der Waals surface area contributed by atoms with Crippen LogP contribution in [0.25, 0.3) is 10.9 Å². The fourth-order valence-corrected chi connectivity index (χ4v) is 1.61. The van der Waals surface area contributed by atoms with E-state index in [1.54, 1.807) is 12.1 Å². The van der Waals surface area contributed by atoms with E-state index in [0.29, 0.717) is 11.1 Å². The zero-order valence-corrected chi connectivity index (χ0v) is 8.23. The van der Waals surface area contributed by atoms with Crippen molar-refractivity contribution in [2.45, 2.75) is 6.61 Å². The lowest BCUT2D eigenvalue weighted by Gasteiger charge is -2.03. The van der Waals surface area contributed by atoms with Crippen LogP contribution in [0.3, 0.4) is 0 Å². The Kier molecular flexibility index (Phi) is 2.46. The first kappa shape index (κ1) is 10.4. The molecule has 3 N–H and O–H groups in total. The number of aliphatic hydroxyl groups is 1. The number of carbonyl (C=O) groups is 1. The molecule has 0 aliphatic rings. The van der Waals surface area contributed by atoms with Crippen molar-refractivity contribution in [2.75, 3.05) is 0 Å². The molecule has 2 rings (SSSR count). The highest BCUT2D eigenvalue weighted by molar-refractivity contribution is 5.92. The maximum absolute atomic E-state index is 11.8. The highest BCUT2D eigenvalue weighted by Crippen LogP contribution is 2.13. The van der Waals surface area contributed by atoms with Crippen molar-refractivity contribution in [2.24, 2.45) is 0 Å². The molecule has 0 saturated heterocycles. The van der Waals surface area contributed by atoms with Gasteiger partial charge in [-0.1, -0.05) is 12.1 Å². The Morgan fingerprint density at radius 1 is 1.38 bits per heavy atom. The summed E-state index contributed by atoms with van der Waals surface area (Å²) < 4.78 is 0. The number of carboxylic acid groups (broad SMARTS) is 1. The number of hydrogen-bond acceptors (Lipinski definition) is 3. The van der Waals surface area contributed by atoms with E-state index >= 15 is 0 Å². The lowest BCUT2D eigenvalue weighted by atomic mass is 10.1. The number of rotatable bonds is 2. The minimum absolute atomic E-state index is 0.209. The van der Waals surface area contributed by atoms with Crippen LogP contribution in [0.15, 0.2) is 29.2 Å². The number of nitrogens with one attached hydrogen (secondary N) is 1. The third-order valence-electron chi connectivity index (χ3n) is 2.40. The Hall–Kier alpha value is -2.14. The van der Waals surface area contributed by atoms with Crippen molar-refractivity contribution in [1.82, 2.24) is 4.98 Å². The van der Waals surface area contributed by atoms with Gasteiger partial charge in [0.2, 0.25) is 5.43 Å². The largest absolute Gasteiger partial charge is 0.477 e. The summed E-state index contributed by atoms with van der Waals surface area (Å²) in [5, 5.41) is 18.1. The van der Waals surface area contributed by atoms with E-state index in [0.717, 1.165) is 6.20 Å². The summed E-state index contributed by atoms with van der Waals surface area (Å²) in [6, 6.07) is 4.80. The van der Waals surface area contributed by atoms with Crippen LogP contribution in [0.5, 0.6) is 0 Å². The topological polar surface area (TPSA) is 90.4 Å². The van der Waals surface area contributed by atoms with E-state index in [2.05, 4.69) is 4.98 Å². The standard InChI is InChI=1S/C11H9NO4/c13-5-6-2-1-3-7-9(6)12-4-8(10(7)14)11(15)16/h1-4,13H,5H2,(H,12,14)(H,15,16). The van der Waals surface area contributed by atoms with Gasteiger partial charge < -0.3 is 15.2 Å². The Morgan fingerprint density at radius 2 is 2.12 bits per heavy atom. The van der Waals surface area contributed by atoms with Gasteiger partial charge in [0.05, 0.1) is 12.1 Å². The molecule has 0 aliphatic heterocycles. The third kappa shape index (κ3) is 1.47. The maximum Gasteiger partial charge on any atom is 0.341 e. The number of hydrogen-bond donors (Lipinski definition) is 3. The molecule has 82 valence electrons. The molecule has 1 aromatic carbocycles. The van der Waals surface area contributed by atoms with Crippen molar-refractivity contribution in [3.63, 3.8) is 0 Å². The quantitative estimate of drug-likeness (QED) is 0.694. The first-order chi connectivity index (χ1) is 7.65. The summed E-state index contributed by atoms with van der Waals surface area (Å²) in [6.07, 6.45) is 1.14. The van der Waals surface area contributed by atoms with Crippen molar-refractivity contribution in [3.05, 3.63) is 45.7 Å². The minimum atomic E-state index is -1.27. The lowest BCUT2D eigenvalue weighted by molar-refractivity contribution is 0.0695. The molecule has 0 radical (unpaired) electrons. The summed E-state index contributed by atoms with van der Waals surface area (Å²) in [5.41, 5.74) is 0.186. The van der Waals surface area contributed by atoms with Crippen LogP contribution in [0.2, 0.25) is 0 Å². The highest BCUT2D eigenvalue weighted by atomic mass is 16.4. The van der Waals surface area contributed by atoms with Gasteiger partial charge in [0.15, 0.2) is 0 Å². The predicted octanol–water partition coefficient (Wildman–Crippen LogP) is 0.719. The number of aromatic carboxylic acids is 1. The predicted molar refractivity (Wildman–Crippen MR) is 57.5 cm³/mol. The van der Waals surface area contributed by atoms with Crippen molar-refractivity contribution < 1.29 is 15.0 Å². The molecule has 0 bridgehead atoms. The molecule has 5 heteroatoms. The van der Waals surface area contributed by atoms with Gasteiger partial charge in [0.1, 0.15) is 5.56 Å². The normalized spacial score (nSPS) is 10.6. The van der Waals surface area contributed by atoms with E-state index in [9.17, 15) is 9.59 Å². The molecule has 0 aliphatic carbocycles. The molecule has 0 amide bonds. The van der Waals surface area contributed by atoms with Crippen LogP contribution in [0.1, 0.15) is 15.9 Å². The number of aromatic amines is 1. The second-order valence-corrected chi connectivity index (χ2v) is 3.33. The molecule has 1 aromatic heterocycles. The summed E-state index contributed by atoms with van der Waals surface area (Å²) in [7, 11) is 0. The summed E-state index contributed by atoms with van der Waals surface area (Å²) >= 11 is 0. The fourth-order valence-electron chi connectivity index (χ4n) is 1.61. The molecule has 0 spiro atoms. The molecular formula is C11H9NO4. The van der Waals surface area contributed by atoms with Crippen LogP contribution in [-0.2, 0) is 6.61 Å². The smallest absolute Gasteiger partial charge is 0.341 e. The number of benzene rings is 1. The van der Waals surface area contributed by atoms with Gasteiger partial charge in [0, 0.05) is 17.1 Å². The van der Waals surface area contributed by atoms with Gasteiger partial charge in [-0.3, -0.25) is 4.79 Å². The second kappa shape index (κ2) is 3.79. The number of H-pyrrole nitrogens is 1. The van der Waals surface area contributed by atoms with Crippen molar-refractivity contribution >= 4 is 16.9 Å². The van der Waals surface area contributed by atoms with Crippen LogP contribution in [0.4, 0.5) is 0 Å². The average molecular weight is 219 g/mol. The Morgan fingerprint density at radius 3 is 2.75 bits per heavy atom. The minimum Gasteiger partial charge on any atom is -0.477 e. The molecule has 16 heavy (non-hydrogen) atoms. The number of carboxylic acids is 1. The van der Waals surface area contributed by atoms with E-state index < -0.39 is 11.4 Å². The molecular weight excluding hydrogens is 210 g/mol. The van der Waals surface area contributed by atoms with Crippen LogP contribution in [0, 0.1) is 0 Å². The average Bonchev–Trinajstić information content (AvgIpc) is 2.28. The Bertz CT molecular complexity index is 615. The summed E-state index contributed by atoms with van der Waals surface area (Å²) in [6.45, 7) is -0.209. The Labute approximate surface area is 90.0 Å². The monoisotopic (exact) mass is 219 g/mol. The van der Waals surface area contributed by atoms with Gasteiger partial charge in [-0.15, -0.1) is 0 Å². The molecule has 0 saturated carbocycles. The van der Waals surface area contributed by atoms with Crippen LogP contribution in [-0.4, -0.2) is 21.2 Å². The van der Waals surface area contributed by atoms with Crippen molar-refractivity contribution in [1.29, 1.82) is 0 Å². The van der Waals surface area contributed by atoms with E-state index in [1.165, 1.54) is 6.07 Å². The molecule has 0 unspecified atom stereocenters. The van der Waals surface area contributed by atoms with Gasteiger partial charge in [-0.25, -0.2) is 4.79 Å². The number of para-hydroxylation sites is 1. The molecule has 1 heterocycles. The highest BCUT2D eigenvalue weighted by Gasteiger charge is 2.12. The summed E-state index contributed by atoms with van der Waals surface area (Å²) in [5.74, 6) is -1.27. The van der Waals surface area contributed by atoms with E-state index in [1.807, 2.05) is 0 Å². The SMILES string of the molecule is O=C(O)c1c[nH]c2c(CO)cccc2c1=O. The van der Waals surface area contributed by atoms with Gasteiger partial charge in [-0.05, 0) is 6.07 Å². The number of aliphatic hydroxyl groups excluding tert-OH is 1. The van der Waals surface area contributed by atoms with Crippen LogP contribution < -0.4 is 5.43 Å².